The van der Waals surface area contributed by atoms with Crippen molar-refractivity contribution < 1.29 is 9.90 Å². The first kappa shape index (κ1) is 9.71. The second kappa shape index (κ2) is 3.38. The summed E-state index contributed by atoms with van der Waals surface area (Å²) in [6.45, 7) is 2.00. The Labute approximate surface area is 87.1 Å². The Morgan fingerprint density at radius 3 is 2.87 bits per heavy atom. The highest BCUT2D eigenvalue weighted by molar-refractivity contribution is 6.03. The van der Waals surface area contributed by atoms with Gasteiger partial charge in [-0.1, -0.05) is 13.0 Å². The lowest BCUT2D eigenvalue weighted by atomic mass is 10.1. The fraction of sp³-hybridized carbons (Fsp3) is 0.273. The first-order chi connectivity index (χ1) is 7.15. The van der Waals surface area contributed by atoms with E-state index in [-0.39, 0.29) is 0 Å². The van der Waals surface area contributed by atoms with Gasteiger partial charge in [0.1, 0.15) is 0 Å². The summed E-state index contributed by atoms with van der Waals surface area (Å²) >= 11 is 0. The summed E-state index contributed by atoms with van der Waals surface area (Å²) in [5.41, 5.74) is 2.04. The number of hydrogen-bond acceptors (Lipinski definition) is 2. The van der Waals surface area contributed by atoms with Crippen LogP contribution in [0, 0.1) is 0 Å². The third-order valence-electron chi connectivity index (χ3n) is 2.54. The van der Waals surface area contributed by atoms with Crippen molar-refractivity contribution in [2.45, 2.75) is 13.3 Å². The lowest BCUT2D eigenvalue weighted by Crippen LogP contribution is -2.00. The molecule has 2 aromatic rings. The van der Waals surface area contributed by atoms with Crippen molar-refractivity contribution in [2.75, 3.05) is 0 Å². The highest BCUT2D eigenvalue weighted by atomic mass is 16.4. The zero-order valence-corrected chi connectivity index (χ0v) is 8.69. The summed E-state index contributed by atoms with van der Waals surface area (Å²) in [6.07, 6.45) is 0.775. The van der Waals surface area contributed by atoms with Crippen LogP contribution in [0.5, 0.6) is 0 Å². The molecule has 1 heterocycles. The van der Waals surface area contributed by atoms with Crippen LogP contribution in [-0.4, -0.2) is 20.9 Å². The molecule has 0 amide bonds. The molecular weight excluding hydrogens is 192 g/mol. The minimum absolute atomic E-state index is 0.331. The van der Waals surface area contributed by atoms with Gasteiger partial charge in [-0.25, -0.2) is 4.79 Å². The number of rotatable bonds is 2. The average Bonchev–Trinajstić information content (AvgIpc) is 2.52. The number of aryl methyl sites for hydroxylation is 2. The van der Waals surface area contributed by atoms with Gasteiger partial charge in [0.2, 0.25) is 0 Å². The molecule has 0 radical (unpaired) electrons. The summed E-state index contributed by atoms with van der Waals surface area (Å²) in [7, 11) is 1.84. The van der Waals surface area contributed by atoms with E-state index in [1.54, 1.807) is 16.8 Å². The number of aromatic carboxylic acids is 1. The van der Waals surface area contributed by atoms with E-state index in [0.717, 1.165) is 23.0 Å². The maximum atomic E-state index is 11.1. The molecule has 0 unspecified atom stereocenters. The molecule has 1 aromatic carbocycles. The van der Waals surface area contributed by atoms with Crippen LogP contribution in [0.3, 0.4) is 0 Å². The Hall–Kier alpha value is -1.84. The van der Waals surface area contributed by atoms with Crippen molar-refractivity contribution in [3.8, 4) is 0 Å². The van der Waals surface area contributed by atoms with Crippen molar-refractivity contribution in [2.24, 2.45) is 7.05 Å². The number of carboxylic acids is 1. The number of benzene rings is 1. The van der Waals surface area contributed by atoms with E-state index in [4.69, 9.17) is 5.11 Å². The molecule has 0 atom stereocenters. The molecule has 4 nitrogen and oxygen atoms in total. The molecule has 1 aromatic heterocycles. The van der Waals surface area contributed by atoms with Crippen LogP contribution >= 0.6 is 0 Å². The predicted octanol–water partition coefficient (Wildman–Crippen LogP) is 1.83. The van der Waals surface area contributed by atoms with Crippen LogP contribution in [0.2, 0.25) is 0 Å². The van der Waals surface area contributed by atoms with E-state index in [0.29, 0.717) is 5.56 Å². The first-order valence-electron chi connectivity index (χ1n) is 4.83. The van der Waals surface area contributed by atoms with Crippen LogP contribution in [-0.2, 0) is 13.5 Å². The van der Waals surface area contributed by atoms with Crippen molar-refractivity contribution in [3.63, 3.8) is 0 Å². The Morgan fingerprint density at radius 1 is 1.53 bits per heavy atom. The highest BCUT2D eigenvalue weighted by Gasteiger charge is 2.15. The molecule has 0 saturated carbocycles. The number of fused-ring (bicyclic) bond motifs is 1. The van der Waals surface area contributed by atoms with E-state index in [2.05, 4.69) is 5.10 Å². The molecule has 15 heavy (non-hydrogen) atoms. The molecular formula is C11H12N2O2. The topological polar surface area (TPSA) is 55.1 Å². The quantitative estimate of drug-likeness (QED) is 0.812. The third-order valence-corrected chi connectivity index (χ3v) is 2.54. The van der Waals surface area contributed by atoms with Crippen molar-refractivity contribution >= 4 is 16.9 Å². The summed E-state index contributed by atoms with van der Waals surface area (Å²) in [5.74, 6) is -0.900. The number of carbonyl (C=O) groups is 1. The summed E-state index contributed by atoms with van der Waals surface area (Å²) in [6, 6.07) is 5.17. The maximum absolute atomic E-state index is 11.1. The van der Waals surface area contributed by atoms with Gasteiger partial charge in [0.15, 0.2) is 0 Å². The van der Waals surface area contributed by atoms with Gasteiger partial charge in [-0.2, -0.15) is 5.10 Å². The summed E-state index contributed by atoms with van der Waals surface area (Å²) < 4.78 is 1.75. The summed E-state index contributed by atoms with van der Waals surface area (Å²) in [4.78, 5) is 11.1. The Kier molecular flexibility index (Phi) is 2.19. The number of nitrogens with zero attached hydrogens (tertiary/aromatic N) is 2. The van der Waals surface area contributed by atoms with Gasteiger partial charge in [-0.15, -0.1) is 0 Å². The zero-order chi connectivity index (χ0) is 11.0. The van der Waals surface area contributed by atoms with Crippen LogP contribution < -0.4 is 0 Å². The molecule has 0 fully saturated rings. The van der Waals surface area contributed by atoms with E-state index in [1.807, 2.05) is 20.0 Å². The lowest BCUT2D eigenvalue weighted by Gasteiger charge is -2.00. The minimum atomic E-state index is -0.900. The molecule has 4 heteroatoms. The van der Waals surface area contributed by atoms with Gasteiger partial charge < -0.3 is 5.11 Å². The maximum Gasteiger partial charge on any atom is 0.336 e. The van der Waals surface area contributed by atoms with Crippen molar-refractivity contribution in [1.29, 1.82) is 0 Å². The second-order valence-corrected chi connectivity index (χ2v) is 3.43. The molecule has 0 spiro atoms. The lowest BCUT2D eigenvalue weighted by molar-refractivity contribution is 0.0699. The predicted molar refractivity (Wildman–Crippen MR) is 57.1 cm³/mol. The van der Waals surface area contributed by atoms with Crippen LogP contribution in [0.4, 0.5) is 0 Å². The van der Waals surface area contributed by atoms with Crippen molar-refractivity contribution in [3.05, 3.63) is 29.5 Å². The monoisotopic (exact) mass is 204 g/mol. The molecule has 1 N–H and O–H groups in total. The van der Waals surface area contributed by atoms with Crippen molar-refractivity contribution in [1.82, 2.24) is 9.78 Å². The fourth-order valence-corrected chi connectivity index (χ4v) is 1.89. The molecule has 0 aliphatic carbocycles. The smallest absolute Gasteiger partial charge is 0.336 e. The van der Waals surface area contributed by atoms with E-state index >= 15 is 0 Å². The average molecular weight is 204 g/mol. The van der Waals surface area contributed by atoms with Gasteiger partial charge in [0, 0.05) is 18.1 Å². The molecule has 0 saturated heterocycles. The van der Waals surface area contributed by atoms with Gasteiger partial charge in [0.25, 0.3) is 0 Å². The number of aromatic nitrogens is 2. The van der Waals surface area contributed by atoms with Crippen LogP contribution in [0.25, 0.3) is 10.9 Å². The zero-order valence-electron chi connectivity index (χ0n) is 8.69. The molecule has 0 aliphatic heterocycles. The SMILES string of the molecule is CCc1c2c(C(=O)O)cccc2nn1C. The molecule has 2 rings (SSSR count). The molecule has 0 aliphatic rings. The van der Waals surface area contributed by atoms with Gasteiger partial charge in [-0.05, 0) is 18.6 Å². The van der Waals surface area contributed by atoms with E-state index < -0.39 is 5.97 Å². The van der Waals surface area contributed by atoms with Gasteiger partial charge in [-0.3, -0.25) is 4.68 Å². The summed E-state index contributed by atoms with van der Waals surface area (Å²) in [5, 5.41) is 14.1. The molecule has 78 valence electrons. The normalized spacial score (nSPS) is 10.8. The first-order valence-corrected chi connectivity index (χ1v) is 4.83. The van der Waals surface area contributed by atoms with Crippen LogP contribution in [0.15, 0.2) is 18.2 Å². The van der Waals surface area contributed by atoms with E-state index in [9.17, 15) is 4.79 Å². The number of carboxylic acid groups (broad SMARTS) is 1. The molecule has 0 bridgehead atoms. The fourth-order valence-electron chi connectivity index (χ4n) is 1.89. The number of hydrogen-bond donors (Lipinski definition) is 1. The van der Waals surface area contributed by atoms with Gasteiger partial charge >= 0.3 is 5.97 Å². The standard InChI is InChI=1S/C11H12N2O2/c1-3-9-10-7(11(14)15)5-4-6-8(10)12-13(9)2/h4-6H,3H2,1-2H3,(H,14,15). The Bertz CT molecular complexity index is 529. The Morgan fingerprint density at radius 2 is 2.27 bits per heavy atom. The largest absolute Gasteiger partial charge is 0.478 e. The Balaban J connectivity index is 2.87. The van der Waals surface area contributed by atoms with Gasteiger partial charge in [0.05, 0.1) is 11.1 Å². The van der Waals surface area contributed by atoms with E-state index in [1.165, 1.54) is 0 Å². The second-order valence-electron chi connectivity index (χ2n) is 3.43. The minimum Gasteiger partial charge on any atom is -0.478 e. The van der Waals surface area contributed by atoms with Crippen LogP contribution in [0.1, 0.15) is 23.0 Å². The highest BCUT2D eigenvalue weighted by Crippen LogP contribution is 2.22. The third kappa shape index (κ3) is 1.38.